The molecule has 11 heteroatoms. The van der Waals surface area contributed by atoms with E-state index in [-0.39, 0.29) is 45.7 Å². The van der Waals surface area contributed by atoms with Crippen LogP contribution in [0.2, 0.25) is 0 Å². The van der Waals surface area contributed by atoms with Crippen LogP contribution in [0.25, 0.3) is 16.7 Å². The number of Topliss-reactive ketones (excluding diaryl/α,β-unsaturated/α-hetero) is 1. The highest BCUT2D eigenvalue weighted by Gasteiger charge is 2.63. The van der Waals surface area contributed by atoms with Gasteiger partial charge in [0.15, 0.2) is 11.4 Å². The zero-order valence-corrected chi connectivity index (χ0v) is 22.7. The molecule has 0 amide bonds. The summed E-state index contributed by atoms with van der Waals surface area (Å²) in [4.78, 5) is 32.5. The van der Waals surface area contributed by atoms with Crippen LogP contribution in [0.15, 0.2) is 41.3 Å². The smallest absolute Gasteiger partial charge is 0.329 e. The molecule has 0 N–H and O–H groups in total. The first-order valence-corrected chi connectivity index (χ1v) is 14.4. The summed E-state index contributed by atoms with van der Waals surface area (Å²) in [5, 5.41) is -0.104. The van der Waals surface area contributed by atoms with E-state index in [0.29, 0.717) is 28.7 Å². The molecule has 3 heterocycles. The molecule has 2 atom stereocenters. The van der Waals surface area contributed by atoms with Crippen LogP contribution in [0, 0.1) is 34.8 Å². The van der Waals surface area contributed by atoms with E-state index in [1.54, 1.807) is 0 Å². The van der Waals surface area contributed by atoms with E-state index < -0.39 is 42.0 Å². The lowest BCUT2D eigenvalue weighted by Gasteiger charge is -2.45. The third-order valence-corrected chi connectivity index (χ3v) is 10.0. The number of carbonyl (C=O) groups excluding carboxylic acids is 1. The first-order valence-electron chi connectivity index (χ1n) is 14.4. The average Bonchev–Trinajstić information content (AvgIpc) is 2.98. The molecule has 4 aliphatic carbocycles. The summed E-state index contributed by atoms with van der Waals surface area (Å²) in [5.74, 6) is -9.26. The number of aromatic nitrogens is 2. The van der Waals surface area contributed by atoms with Gasteiger partial charge in [-0.2, -0.15) is 17.6 Å². The summed E-state index contributed by atoms with van der Waals surface area (Å²) in [7, 11) is 0. The minimum atomic E-state index is -4.29. The van der Waals surface area contributed by atoms with Crippen molar-refractivity contribution < 1.29 is 31.1 Å². The van der Waals surface area contributed by atoms with Crippen LogP contribution in [0.1, 0.15) is 61.7 Å². The van der Waals surface area contributed by atoms with E-state index in [2.05, 4.69) is 4.98 Å². The summed E-state index contributed by atoms with van der Waals surface area (Å²) >= 11 is 0. The van der Waals surface area contributed by atoms with Crippen molar-refractivity contribution in [3.8, 4) is 5.69 Å². The SMILES string of the molecule is O=C(CC12CCC3CC(CC(C3)C1)C2)c1cn(-c2ccc(F)cc2F)c2nc(N3CC(F)(F)C(F)(F)C3)ccc2c1=O. The maximum absolute atomic E-state index is 15.1. The number of carbonyl (C=O) groups is 1. The van der Waals surface area contributed by atoms with Crippen LogP contribution in [0.3, 0.4) is 0 Å². The maximum atomic E-state index is 15.1. The van der Waals surface area contributed by atoms with Gasteiger partial charge in [0.2, 0.25) is 5.43 Å². The third kappa shape index (κ3) is 4.41. The fourth-order valence-corrected chi connectivity index (χ4v) is 8.32. The molecule has 4 bridgehead atoms. The summed E-state index contributed by atoms with van der Waals surface area (Å²) in [6.07, 6.45) is 8.76. The predicted octanol–water partition coefficient (Wildman–Crippen LogP) is 6.93. The molecular formula is C31H29F6N3O2. The Balaban J connectivity index is 1.33. The monoisotopic (exact) mass is 589 g/mol. The van der Waals surface area contributed by atoms with Gasteiger partial charge in [-0.1, -0.05) is 0 Å². The van der Waals surface area contributed by atoms with Gasteiger partial charge in [-0.3, -0.25) is 14.2 Å². The van der Waals surface area contributed by atoms with E-state index in [0.717, 1.165) is 42.4 Å². The highest BCUT2D eigenvalue weighted by atomic mass is 19.3. The Morgan fingerprint density at radius 2 is 1.60 bits per heavy atom. The standard InChI is InChI=1S/C31H29F6N3O2/c32-20-1-3-24(23(33)10-20)40-14-22(25(41)13-29-6-5-17-7-18(11-29)9-19(8-17)12-29)27(42)21-2-4-26(38-28(21)40)39-15-30(34,35)31(36,37)16-39/h1-4,10,14,17-19H,5-9,11-13,15-16H2. The number of hydrogen-bond donors (Lipinski definition) is 0. The van der Waals surface area contributed by atoms with E-state index in [4.69, 9.17) is 0 Å². The topological polar surface area (TPSA) is 55.2 Å². The highest BCUT2D eigenvalue weighted by molar-refractivity contribution is 5.99. The quantitative estimate of drug-likeness (QED) is 0.239. The van der Waals surface area contributed by atoms with E-state index in [1.165, 1.54) is 37.6 Å². The number of ketones is 1. The number of rotatable bonds is 5. The van der Waals surface area contributed by atoms with Gasteiger partial charge in [0.05, 0.1) is 29.7 Å². The van der Waals surface area contributed by atoms with Crippen molar-refractivity contribution in [3.05, 3.63) is 63.9 Å². The molecule has 42 heavy (non-hydrogen) atoms. The molecule has 222 valence electrons. The summed E-state index contributed by atoms with van der Waals surface area (Å²) < 4.78 is 85.8. The van der Waals surface area contributed by atoms with Crippen molar-refractivity contribution in [2.75, 3.05) is 18.0 Å². The average molecular weight is 590 g/mol. The second-order valence-corrected chi connectivity index (χ2v) is 13.0. The molecule has 8 rings (SSSR count). The minimum Gasteiger partial charge on any atom is -0.344 e. The fraction of sp³-hybridized carbons (Fsp3) is 0.516. The number of fused-ring (bicyclic) bond motifs is 2. The number of nitrogens with zero attached hydrogens (tertiary/aromatic N) is 3. The Bertz CT molecular complexity index is 1640. The molecule has 1 saturated heterocycles. The second kappa shape index (κ2) is 9.31. The van der Waals surface area contributed by atoms with Crippen molar-refractivity contribution in [1.29, 1.82) is 0 Å². The Morgan fingerprint density at radius 3 is 2.26 bits per heavy atom. The third-order valence-electron chi connectivity index (χ3n) is 10.0. The molecule has 1 aliphatic heterocycles. The first-order chi connectivity index (χ1) is 19.8. The molecule has 0 radical (unpaired) electrons. The normalized spacial score (nSPS) is 29.3. The zero-order valence-electron chi connectivity index (χ0n) is 22.7. The molecule has 5 nitrogen and oxygen atoms in total. The molecule has 3 aromatic rings. The van der Waals surface area contributed by atoms with Gasteiger partial charge in [0.25, 0.3) is 0 Å². The molecule has 2 unspecified atom stereocenters. The zero-order chi connectivity index (χ0) is 29.6. The summed E-state index contributed by atoms with van der Waals surface area (Å²) in [5.41, 5.74) is -1.48. The van der Waals surface area contributed by atoms with Crippen LogP contribution >= 0.6 is 0 Å². The van der Waals surface area contributed by atoms with Crippen molar-refractivity contribution in [2.45, 2.75) is 63.2 Å². The van der Waals surface area contributed by atoms with Crippen molar-refractivity contribution in [1.82, 2.24) is 9.55 Å². The summed E-state index contributed by atoms with van der Waals surface area (Å²) in [6.45, 7) is -2.59. The van der Waals surface area contributed by atoms with E-state index in [1.807, 2.05) is 0 Å². The molecular weight excluding hydrogens is 560 g/mol. The Morgan fingerprint density at radius 1 is 0.929 bits per heavy atom. The lowest BCUT2D eigenvalue weighted by molar-refractivity contribution is -0.172. The minimum absolute atomic E-state index is 0.104. The van der Waals surface area contributed by atoms with Gasteiger partial charge in [-0.05, 0) is 92.4 Å². The number of pyridine rings is 2. The van der Waals surface area contributed by atoms with Crippen LogP contribution in [0.5, 0.6) is 0 Å². The second-order valence-electron chi connectivity index (χ2n) is 13.0. The van der Waals surface area contributed by atoms with Gasteiger partial charge in [0, 0.05) is 18.7 Å². The van der Waals surface area contributed by atoms with Crippen molar-refractivity contribution in [3.63, 3.8) is 0 Å². The van der Waals surface area contributed by atoms with Gasteiger partial charge >= 0.3 is 11.8 Å². The highest BCUT2D eigenvalue weighted by Crippen LogP contribution is 2.58. The van der Waals surface area contributed by atoms with Gasteiger partial charge in [-0.15, -0.1) is 0 Å². The molecule has 4 saturated carbocycles. The maximum Gasteiger partial charge on any atom is 0.329 e. The summed E-state index contributed by atoms with van der Waals surface area (Å²) in [6, 6.07) is 5.14. The number of anilines is 1. The lowest BCUT2D eigenvalue weighted by atomic mass is 9.60. The number of halogens is 6. The first kappa shape index (κ1) is 27.5. The Hall–Kier alpha value is -3.37. The number of alkyl halides is 4. The lowest BCUT2D eigenvalue weighted by Crippen LogP contribution is -2.38. The van der Waals surface area contributed by atoms with Crippen LogP contribution in [-0.2, 0) is 0 Å². The van der Waals surface area contributed by atoms with Crippen LogP contribution in [0.4, 0.5) is 32.2 Å². The largest absolute Gasteiger partial charge is 0.344 e. The Kier molecular flexibility index (Phi) is 6.09. The van der Waals surface area contributed by atoms with Crippen molar-refractivity contribution in [2.24, 2.45) is 23.2 Å². The molecule has 0 spiro atoms. The number of benzene rings is 1. The van der Waals surface area contributed by atoms with E-state index >= 15 is 4.39 Å². The Labute approximate surface area is 237 Å². The van der Waals surface area contributed by atoms with Gasteiger partial charge < -0.3 is 4.90 Å². The van der Waals surface area contributed by atoms with Gasteiger partial charge in [-0.25, -0.2) is 13.8 Å². The predicted molar refractivity (Wildman–Crippen MR) is 144 cm³/mol. The molecule has 5 aliphatic rings. The fourth-order valence-electron chi connectivity index (χ4n) is 8.32. The van der Waals surface area contributed by atoms with Crippen LogP contribution < -0.4 is 10.3 Å². The van der Waals surface area contributed by atoms with Crippen LogP contribution in [-0.4, -0.2) is 40.3 Å². The van der Waals surface area contributed by atoms with E-state index in [9.17, 15) is 31.5 Å². The van der Waals surface area contributed by atoms with Gasteiger partial charge in [0.1, 0.15) is 17.5 Å². The van der Waals surface area contributed by atoms with Crippen molar-refractivity contribution >= 4 is 22.6 Å². The molecule has 2 aromatic heterocycles. The number of hydrogen-bond acceptors (Lipinski definition) is 4. The molecule has 5 fully saturated rings. The molecule has 1 aromatic carbocycles.